The second-order valence-corrected chi connectivity index (χ2v) is 4.49. The molecule has 0 amide bonds. The highest BCUT2D eigenvalue weighted by Gasteiger charge is 2.21. The number of likely N-dealkylation sites (N-methyl/N-ethyl adjacent to an activating group) is 2. The Morgan fingerprint density at radius 2 is 2.31 bits per heavy atom. The van der Waals surface area contributed by atoms with E-state index in [0.29, 0.717) is 6.04 Å². The molecule has 88 valence electrons. The summed E-state index contributed by atoms with van der Waals surface area (Å²) in [6, 6.07) is 5.39. The molecule has 1 fully saturated rings. The first-order valence-electron chi connectivity index (χ1n) is 5.71. The van der Waals surface area contributed by atoms with Crippen LogP contribution in [0.1, 0.15) is 12.8 Å². The van der Waals surface area contributed by atoms with Crippen LogP contribution in [0.4, 0.5) is 10.2 Å². The Bertz CT molecular complexity index is 356. The molecule has 1 aliphatic heterocycles. The normalized spacial score (nSPS) is 22.1. The molecule has 1 aromatic heterocycles. The maximum absolute atomic E-state index is 13.0. The van der Waals surface area contributed by atoms with E-state index in [1.807, 2.05) is 13.1 Å². The summed E-state index contributed by atoms with van der Waals surface area (Å²) >= 11 is 0. The van der Waals surface area contributed by atoms with Crippen molar-refractivity contribution in [2.75, 3.05) is 32.1 Å². The van der Waals surface area contributed by atoms with Crippen molar-refractivity contribution in [1.82, 2.24) is 9.88 Å². The molecular formula is C12H18FN3. The first-order chi connectivity index (χ1) is 7.66. The number of anilines is 1. The molecule has 1 aromatic rings. The lowest BCUT2D eigenvalue weighted by Crippen LogP contribution is -2.45. The summed E-state index contributed by atoms with van der Waals surface area (Å²) in [6.07, 6.45) is 2.35. The van der Waals surface area contributed by atoms with E-state index in [1.54, 1.807) is 6.07 Å². The van der Waals surface area contributed by atoms with Crippen molar-refractivity contribution < 1.29 is 4.39 Å². The Kier molecular flexibility index (Phi) is 3.39. The van der Waals surface area contributed by atoms with E-state index in [0.717, 1.165) is 25.3 Å². The van der Waals surface area contributed by atoms with Gasteiger partial charge in [0.1, 0.15) is 5.82 Å². The molecule has 1 saturated heterocycles. The maximum Gasteiger partial charge on any atom is 0.214 e. The number of piperidine rings is 1. The summed E-state index contributed by atoms with van der Waals surface area (Å²) in [4.78, 5) is 8.31. The number of hydrogen-bond donors (Lipinski definition) is 0. The predicted molar refractivity (Wildman–Crippen MR) is 63.1 cm³/mol. The van der Waals surface area contributed by atoms with Crippen LogP contribution in [-0.2, 0) is 0 Å². The molecule has 0 aliphatic carbocycles. The van der Waals surface area contributed by atoms with Gasteiger partial charge in [-0.1, -0.05) is 6.07 Å². The van der Waals surface area contributed by atoms with Gasteiger partial charge in [-0.05, 0) is 38.6 Å². The third kappa shape index (κ3) is 2.50. The van der Waals surface area contributed by atoms with Crippen molar-refractivity contribution in [2.24, 2.45) is 0 Å². The van der Waals surface area contributed by atoms with E-state index in [-0.39, 0.29) is 0 Å². The highest BCUT2D eigenvalue weighted by Crippen LogP contribution is 2.19. The molecular weight excluding hydrogens is 205 g/mol. The minimum Gasteiger partial charge on any atom is -0.355 e. The summed E-state index contributed by atoms with van der Waals surface area (Å²) in [5, 5.41) is 0. The van der Waals surface area contributed by atoms with E-state index < -0.39 is 5.95 Å². The Morgan fingerprint density at radius 1 is 1.50 bits per heavy atom. The highest BCUT2D eigenvalue weighted by molar-refractivity contribution is 5.38. The average molecular weight is 223 g/mol. The zero-order valence-electron chi connectivity index (χ0n) is 9.86. The van der Waals surface area contributed by atoms with Crippen LogP contribution in [0, 0.1) is 5.95 Å². The van der Waals surface area contributed by atoms with Crippen molar-refractivity contribution in [3.8, 4) is 0 Å². The standard InChI is InChI=1S/C12H18FN3/c1-15-8-4-5-10(9-15)16(2)12-7-3-6-11(13)14-12/h3,6-7,10H,4-5,8-9H2,1-2H3. The van der Waals surface area contributed by atoms with Crippen LogP contribution in [0.5, 0.6) is 0 Å². The fourth-order valence-corrected chi connectivity index (χ4v) is 2.24. The van der Waals surface area contributed by atoms with Crippen LogP contribution in [0.25, 0.3) is 0 Å². The van der Waals surface area contributed by atoms with E-state index in [9.17, 15) is 4.39 Å². The van der Waals surface area contributed by atoms with E-state index >= 15 is 0 Å². The minimum atomic E-state index is -0.409. The highest BCUT2D eigenvalue weighted by atomic mass is 19.1. The molecule has 16 heavy (non-hydrogen) atoms. The van der Waals surface area contributed by atoms with E-state index in [2.05, 4.69) is 21.8 Å². The number of rotatable bonds is 2. The largest absolute Gasteiger partial charge is 0.355 e. The van der Waals surface area contributed by atoms with Crippen molar-refractivity contribution in [1.29, 1.82) is 0 Å². The van der Waals surface area contributed by atoms with Gasteiger partial charge in [0.2, 0.25) is 5.95 Å². The smallest absolute Gasteiger partial charge is 0.214 e. The van der Waals surface area contributed by atoms with Gasteiger partial charge in [0.25, 0.3) is 0 Å². The molecule has 0 N–H and O–H groups in total. The van der Waals surface area contributed by atoms with Crippen LogP contribution in [0.2, 0.25) is 0 Å². The molecule has 0 saturated carbocycles. The monoisotopic (exact) mass is 223 g/mol. The Morgan fingerprint density at radius 3 is 3.00 bits per heavy atom. The van der Waals surface area contributed by atoms with Gasteiger partial charge in [-0.3, -0.25) is 0 Å². The average Bonchev–Trinajstić information content (AvgIpc) is 2.28. The first kappa shape index (κ1) is 11.3. The molecule has 2 heterocycles. The SMILES string of the molecule is CN1CCCC(N(C)c2cccc(F)n2)C1. The molecule has 1 unspecified atom stereocenters. The number of hydrogen-bond acceptors (Lipinski definition) is 3. The summed E-state index contributed by atoms with van der Waals surface area (Å²) in [5.41, 5.74) is 0. The number of nitrogens with zero attached hydrogens (tertiary/aromatic N) is 3. The number of pyridine rings is 1. The van der Waals surface area contributed by atoms with Gasteiger partial charge in [-0.25, -0.2) is 4.98 Å². The van der Waals surface area contributed by atoms with Crippen molar-refractivity contribution in [3.05, 3.63) is 24.1 Å². The minimum absolute atomic E-state index is 0.409. The van der Waals surface area contributed by atoms with E-state index in [1.165, 1.54) is 12.5 Å². The Balaban J connectivity index is 2.09. The number of likely N-dealkylation sites (tertiary alicyclic amines) is 1. The fourth-order valence-electron chi connectivity index (χ4n) is 2.24. The molecule has 4 heteroatoms. The van der Waals surface area contributed by atoms with Crippen LogP contribution in [0.3, 0.4) is 0 Å². The Labute approximate surface area is 95.9 Å². The lowest BCUT2D eigenvalue weighted by Gasteiger charge is -2.36. The molecule has 1 aliphatic rings. The molecule has 3 nitrogen and oxygen atoms in total. The third-order valence-electron chi connectivity index (χ3n) is 3.21. The second-order valence-electron chi connectivity index (χ2n) is 4.49. The summed E-state index contributed by atoms with van der Waals surface area (Å²) in [6.45, 7) is 2.18. The third-order valence-corrected chi connectivity index (χ3v) is 3.21. The maximum atomic E-state index is 13.0. The quantitative estimate of drug-likeness (QED) is 0.712. The topological polar surface area (TPSA) is 19.4 Å². The molecule has 2 rings (SSSR count). The predicted octanol–water partition coefficient (Wildman–Crippen LogP) is 1.75. The van der Waals surface area contributed by atoms with Crippen molar-refractivity contribution in [2.45, 2.75) is 18.9 Å². The van der Waals surface area contributed by atoms with E-state index in [4.69, 9.17) is 0 Å². The lowest BCUT2D eigenvalue weighted by molar-refractivity contribution is 0.247. The van der Waals surface area contributed by atoms with Crippen LogP contribution in [0.15, 0.2) is 18.2 Å². The lowest BCUT2D eigenvalue weighted by atomic mass is 10.1. The number of halogens is 1. The fraction of sp³-hybridized carbons (Fsp3) is 0.583. The zero-order valence-corrected chi connectivity index (χ0v) is 9.86. The van der Waals surface area contributed by atoms with Gasteiger partial charge in [-0.15, -0.1) is 0 Å². The molecule has 0 radical (unpaired) electrons. The summed E-state index contributed by atoms with van der Waals surface area (Å²) in [7, 11) is 4.12. The van der Waals surface area contributed by atoms with Crippen LogP contribution >= 0.6 is 0 Å². The summed E-state index contributed by atoms with van der Waals surface area (Å²) < 4.78 is 13.0. The first-order valence-corrected chi connectivity index (χ1v) is 5.71. The van der Waals surface area contributed by atoms with Crippen molar-refractivity contribution in [3.63, 3.8) is 0 Å². The second kappa shape index (κ2) is 4.78. The van der Waals surface area contributed by atoms with Gasteiger partial charge in [0, 0.05) is 19.6 Å². The number of aromatic nitrogens is 1. The molecule has 0 spiro atoms. The molecule has 0 bridgehead atoms. The van der Waals surface area contributed by atoms with Gasteiger partial charge in [-0.2, -0.15) is 4.39 Å². The van der Waals surface area contributed by atoms with Gasteiger partial charge in [0.05, 0.1) is 0 Å². The van der Waals surface area contributed by atoms with Gasteiger partial charge < -0.3 is 9.80 Å². The molecule has 1 atom stereocenters. The van der Waals surface area contributed by atoms with Crippen LogP contribution < -0.4 is 4.90 Å². The van der Waals surface area contributed by atoms with Crippen LogP contribution in [-0.4, -0.2) is 43.1 Å². The molecule has 0 aromatic carbocycles. The van der Waals surface area contributed by atoms with Gasteiger partial charge in [0.15, 0.2) is 0 Å². The van der Waals surface area contributed by atoms with Gasteiger partial charge >= 0.3 is 0 Å². The zero-order chi connectivity index (χ0) is 11.5. The summed E-state index contributed by atoms with van der Waals surface area (Å²) in [5.74, 6) is 0.314. The van der Waals surface area contributed by atoms with Crippen molar-refractivity contribution >= 4 is 5.82 Å². The Hall–Kier alpha value is -1.16.